The number of hydrogen-bond donors (Lipinski definition) is 1. The number of hydrogen-bond acceptors (Lipinski definition) is 2. The van der Waals surface area contributed by atoms with Crippen molar-refractivity contribution >= 4 is 29.3 Å². The highest BCUT2D eigenvalue weighted by Crippen LogP contribution is 2.31. The van der Waals surface area contributed by atoms with Crippen molar-refractivity contribution < 1.29 is 9.90 Å². The molecule has 1 aliphatic rings. The molecule has 2 nitrogen and oxygen atoms in total. The topological polar surface area (TPSA) is 37.3 Å². The lowest BCUT2D eigenvalue weighted by Crippen LogP contribution is -1.94. The summed E-state index contributed by atoms with van der Waals surface area (Å²) in [5.74, 6) is 0.323. The summed E-state index contributed by atoms with van der Waals surface area (Å²) in [4.78, 5) is 11.5. The van der Waals surface area contributed by atoms with E-state index in [0.29, 0.717) is 0 Å². The van der Waals surface area contributed by atoms with Gasteiger partial charge in [0.1, 0.15) is 0 Å². The molecule has 4 heteroatoms. The number of halogens is 1. The van der Waals surface area contributed by atoms with Gasteiger partial charge in [-0.05, 0) is 31.4 Å². The molecule has 0 aromatic carbocycles. The van der Waals surface area contributed by atoms with E-state index in [1.807, 2.05) is 0 Å². The van der Waals surface area contributed by atoms with Gasteiger partial charge in [-0.1, -0.05) is 30.2 Å². The zero-order valence-electron chi connectivity index (χ0n) is 9.25. The van der Waals surface area contributed by atoms with E-state index in [9.17, 15) is 4.79 Å². The molecule has 0 radical (unpaired) electrons. The van der Waals surface area contributed by atoms with Crippen LogP contribution in [0.1, 0.15) is 38.5 Å². The van der Waals surface area contributed by atoms with Crippen LogP contribution in [0.15, 0.2) is 22.1 Å². The van der Waals surface area contributed by atoms with Crippen molar-refractivity contribution in [2.45, 2.75) is 38.5 Å². The molecule has 1 rings (SSSR count). The summed E-state index contributed by atoms with van der Waals surface area (Å²) < 4.78 is 0. The largest absolute Gasteiger partial charge is 0.481 e. The van der Waals surface area contributed by atoms with Crippen LogP contribution in [-0.2, 0) is 4.79 Å². The summed E-state index contributed by atoms with van der Waals surface area (Å²) in [7, 11) is 0. The molecule has 0 saturated heterocycles. The molecule has 0 unspecified atom stereocenters. The van der Waals surface area contributed by atoms with Gasteiger partial charge in [0.2, 0.25) is 0 Å². The van der Waals surface area contributed by atoms with Crippen molar-refractivity contribution in [1.82, 2.24) is 0 Å². The number of carbonyl (C=O) groups is 1. The van der Waals surface area contributed by atoms with E-state index in [4.69, 9.17) is 16.7 Å². The third kappa shape index (κ3) is 5.61. The zero-order chi connectivity index (χ0) is 11.8. The van der Waals surface area contributed by atoms with E-state index in [1.54, 1.807) is 11.8 Å². The highest BCUT2D eigenvalue weighted by atomic mass is 35.5. The molecule has 90 valence electrons. The molecule has 0 heterocycles. The minimum absolute atomic E-state index is 0.286. The third-order valence-corrected chi connectivity index (χ3v) is 4.05. The third-order valence-electron chi connectivity index (χ3n) is 2.36. The van der Waals surface area contributed by atoms with Crippen molar-refractivity contribution in [2.24, 2.45) is 0 Å². The monoisotopic (exact) mass is 260 g/mol. The Hall–Kier alpha value is -0.410. The molecule has 0 fully saturated rings. The zero-order valence-corrected chi connectivity index (χ0v) is 10.8. The molecule has 16 heavy (non-hydrogen) atoms. The fourth-order valence-corrected chi connectivity index (χ4v) is 2.83. The Morgan fingerprint density at radius 1 is 1.44 bits per heavy atom. The van der Waals surface area contributed by atoms with Gasteiger partial charge in [0, 0.05) is 16.4 Å². The Balaban J connectivity index is 2.07. The SMILES string of the molecule is O=C(O)CCCCCSC1=C(Cl)CCC=C1. The van der Waals surface area contributed by atoms with Crippen molar-refractivity contribution in [3.05, 3.63) is 22.1 Å². The Labute approximate surface area is 106 Å². The lowest BCUT2D eigenvalue weighted by Gasteiger charge is -2.09. The number of unbranched alkanes of at least 4 members (excludes halogenated alkanes) is 2. The minimum Gasteiger partial charge on any atom is -0.481 e. The number of thioether (sulfide) groups is 1. The number of allylic oxidation sites excluding steroid dienone is 3. The van der Waals surface area contributed by atoms with Gasteiger partial charge >= 0.3 is 5.97 Å². The van der Waals surface area contributed by atoms with Crippen LogP contribution in [0.3, 0.4) is 0 Å². The average molecular weight is 261 g/mol. The number of carboxylic acids is 1. The molecular weight excluding hydrogens is 244 g/mol. The van der Waals surface area contributed by atoms with Gasteiger partial charge in [-0.25, -0.2) is 0 Å². The Morgan fingerprint density at radius 2 is 2.25 bits per heavy atom. The molecule has 0 aromatic heterocycles. The van der Waals surface area contributed by atoms with Gasteiger partial charge in [0.15, 0.2) is 0 Å². The van der Waals surface area contributed by atoms with E-state index in [2.05, 4.69) is 12.2 Å². The molecule has 0 aliphatic heterocycles. The summed E-state index contributed by atoms with van der Waals surface area (Å²) >= 11 is 7.87. The fraction of sp³-hybridized carbons (Fsp3) is 0.583. The van der Waals surface area contributed by atoms with E-state index in [0.717, 1.165) is 42.9 Å². The lowest BCUT2D eigenvalue weighted by atomic mass is 10.2. The maximum absolute atomic E-state index is 10.3. The molecule has 0 saturated carbocycles. The van der Waals surface area contributed by atoms with E-state index in [-0.39, 0.29) is 6.42 Å². The highest BCUT2D eigenvalue weighted by Gasteiger charge is 2.06. The molecular formula is C12H17ClO2S. The lowest BCUT2D eigenvalue weighted by molar-refractivity contribution is -0.137. The van der Waals surface area contributed by atoms with Crippen molar-refractivity contribution in [3.8, 4) is 0 Å². The van der Waals surface area contributed by atoms with Crippen LogP contribution in [0.25, 0.3) is 0 Å². The van der Waals surface area contributed by atoms with Crippen LogP contribution < -0.4 is 0 Å². The Kier molecular flexibility index (Phi) is 6.65. The van der Waals surface area contributed by atoms with Gasteiger partial charge in [-0.3, -0.25) is 4.79 Å². The van der Waals surface area contributed by atoms with E-state index >= 15 is 0 Å². The molecule has 1 N–H and O–H groups in total. The number of rotatable bonds is 7. The second-order valence-electron chi connectivity index (χ2n) is 3.76. The van der Waals surface area contributed by atoms with Crippen LogP contribution in [-0.4, -0.2) is 16.8 Å². The quantitative estimate of drug-likeness (QED) is 0.698. The molecule has 0 bridgehead atoms. The molecule has 0 spiro atoms. The number of carboxylic acid groups (broad SMARTS) is 1. The molecule has 0 aromatic rings. The van der Waals surface area contributed by atoms with E-state index < -0.39 is 5.97 Å². The van der Waals surface area contributed by atoms with Crippen LogP contribution in [0.4, 0.5) is 0 Å². The van der Waals surface area contributed by atoms with Crippen molar-refractivity contribution in [3.63, 3.8) is 0 Å². The standard InChI is InChI=1S/C12H17ClO2S/c13-10-6-3-4-7-11(10)16-9-5-1-2-8-12(14)15/h4,7H,1-3,5-6,8-9H2,(H,14,15). The predicted molar refractivity (Wildman–Crippen MR) is 69.8 cm³/mol. The van der Waals surface area contributed by atoms with Gasteiger partial charge in [0.05, 0.1) is 0 Å². The molecule has 0 atom stereocenters. The first-order valence-electron chi connectivity index (χ1n) is 5.60. The Bertz CT molecular complexity index is 297. The summed E-state index contributed by atoms with van der Waals surface area (Å²) in [5.41, 5.74) is 0. The second-order valence-corrected chi connectivity index (χ2v) is 5.36. The average Bonchev–Trinajstić information content (AvgIpc) is 2.25. The van der Waals surface area contributed by atoms with Crippen LogP contribution in [0, 0.1) is 0 Å². The minimum atomic E-state index is -0.700. The van der Waals surface area contributed by atoms with Crippen molar-refractivity contribution in [1.29, 1.82) is 0 Å². The maximum atomic E-state index is 10.3. The molecule has 1 aliphatic carbocycles. The van der Waals surface area contributed by atoms with Crippen molar-refractivity contribution in [2.75, 3.05) is 5.75 Å². The van der Waals surface area contributed by atoms with Crippen LogP contribution >= 0.6 is 23.4 Å². The predicted octanol–water partition coefficient (Wildman–Crippen LogP) is 4.17. The molecule has 0 amide bonds. The van der Waals surface area contributed by atoms with Crippen LogP contribution in [0.5, 0.6) is 0 Å². The first-order chi connectivity index (χ1) is 7.70. The van der Waals surface area contributed by atoms with Gasteiger partial charge in [-0.2, -0.15) is 0 Å². The smallest absolute Gasteiger partial charge is 0.303 e. The highest BCUT2D eigenvalue weighted by molar-refractivity contribution is 8.03. The summed E-state index contributed by atoms with van der Waals surface area (Å²) in [6, 6.07) is 0. The fourth-order valence-electron chi connectivity index (χ4n) is 1.48. The first kappa shape index (κ1) is 13.7. The summed E-state index contributed by atoms with van der Waals surface area (Å²) in [6.07, 6.45) is 9.34. The maximum Gasteiger partial charge on any atom is 0.303 e. The summed E-state index contributed by atoms with van der Waals surface area (Å²) in [6.45, 7) is 0. The normalized spacial score (nSPS) is 15.6. The first-order valence-corrected chi connectivity index (χ1v) is 6.96. The van der Waals surface area contributed by atoms with E-state index in [1.165, 1.54) is 4.91 Å². The summed E-state index contributed by atoms with van der Waals surface area (Å²) in [5, 5.41) is 9.44. The number of aliphatic carboxylic acids is 1. The van der Waals surface area contributed by atoms with Gasteiger partial charge in [0.25, 0.3) is 0 Å². The Morgan fingerprint density at radius 3 is 2.94 bits per heavy atom. The van der Waals surface area contributed by atoms with Crippen LogP contribution in [0.2, 0.25) is 0 Å². The second kappa shape index (κ2) is 7.80. The van der Waals surface area contributed by atoms with Gasteiger partial charge in [-0.15, -0.1) is 11.8 Å². The van der Waals surface area contributed by atoms with Gasteiger partial charge < -0.3 is 5.11 Å².